The monoisotopic (exact) mass is 240 g/mol. The van der Waals surface area contributed by atoms with E-state index in [4.69, 9.17) is 4.74 Å². The molecule has 3 rings (SSSR count). The van der Waals surface area contributed by atoms with Crippen LogP contribution in [0.25, 0.3) is 11.1 Å². The highest BCUT2D eigenvalue weighted by molar-refractivity contribution is 5.69. The summed E-state index contributed by atoms with van der Waals surface area (Å²) in [6.45, 7) is 2.00. The highest BCUT2D eigenvalue weighted by atomic mass is 16.5. The molecule has 0 atom stereocenters. The van der Waals surface area contributed by atoms with Crippen molar-refractivity contribution in [2.75, 3.05) is 0 Å². The van der Waals surface area contributed by atoms with Gasteiger partial charge in [-0.1, -0.05) is 18.2 Å². The predicted molar refractivity (Wildman–Crippen MR) is 71.9 cm³/mol. The van der Waals surface area contributed by atoms with Gasteiger partial charge in [0.25, 0.3) is 0 Å². The summed E-state index contributed by atoms with van der Waals surface area (Å²) in [5.74, 6) is 1.24. The van der Waals surface area contributed by atoms with Gasteiger partial charge in [0.05, 0.1) is 6.10 Å². The fraction of sp³-hybridized carbons (Fsp3) is 0.250. The van der Waals surface area contributed by atoms with Crippen molar-refractivity contribution in [3.05, 3.63) is 48.0 Å². The Morgan fingerprint density at radius 3 is 2.67 bits per heavy atom. The molecule has 1 N–H and O–H groups in total. The van der Waals surface area contributed by atoms with Crippen LogP contribution in [-0.2, 0) is 0 Å². The molecule has 0 bridgehead atoms. The van der Waals surface area contributed by atoms with Crippen molar-refractivity contribution in [1.82, 2.24) is 0 Å². The van der Waals surface area contributed by atoms with Gasteiger partial charge in [-0.05, 0) is 60.7 Å². The quantitative estimate of drug-likeness (QED) is 0.881. The fourth-order valence-corrected chi connectivity index (χ4v) is 2.09. The molecule has 0 radical (unpaired) electrons. The zero-order chi connectivity index (χ0) is 12.5. The van der Waals surface area contributed by atoms with E-state index in [1.54, 1.807) is 12.1 Å². The maximum atomic E-state index is 9.44. The van der Waals surface area contributed by atoms with E-state index < -0.39 is 0 Å². The van der Waals surface area contributed by atoms with Crippen LogP contribution in [0.4, 0.5) is 0 Å². The highest BCUT2D eigenvalue weighted by Gasteiger charge is 2.23. The normalized spacial score (nSPS) is 14.5. The number of benzene rings is 2. The lowest BCUT2D eigenvalue weighted by molar-refractivity contribution is 0.303. The number of hydrogen-bond acceptors (Lipinski definition) is 2. The average Bonchev–Trinajstić information content (AvgIpc) is 3.13. The number of aryl methyl sites for hydroxylation is 1. The summed E-state index contributed by atoms with van der Waals surface area (Å²) in [5.41, 5.74) is 3.33. The fourth-order valence-electron chi connectivity index (χ4n) is 2.09. The van der Waals surface area contributed by atoms with E-state index >= 15 is 0 Å². The SMILES string of the molecule is Cc1cc(O)ccc1-c1cccc(OC2CC2)c1. The Labute approximate surface area is 107 Å². The smallest absolute Gasteiger partial charge is 0.120 e. The topological polar surface area (TPSA) is 29.5 Å². The Kier molecular flexibility index (Phi) is 2.71. The molecule has 0 amide bonds. The molecule has 1 aliphatic carbocycles. The summed E-state index contributed by atoms with van der Waals surface area (Å²) in [4.78, 5) is 0. The zero-order valence-electron chi connectivity index (χ0n) is 10.4. The lowest BCUT2D eigenvalue weighted by atomic mass is 10.0. The maximum Gasteiger partial charge on any atom is 0.120 e. The van der Waals surface area contributed by atoms with E-state index in [1.807, 2.05) is 25.1 Å². The first-order valence-corrected chi connectivity index (χ1v) is 6.29. The molecule has 0 saturated heterocycles. The molecule has 2 heteroatoms. The first kappa shape index (κ1) is 11.1. The molecule has 0 aromatic heterocycles. The van der Waals surface area contributed by atoms with E-state index in [-0.39, 0.29) is 0 Å². The molecule has 18 heavy (non-hydrogen) atoms. The number of hydrogen-bond donors (Lipinski definition) is 1. The summed E-state index contributed by atoms with van der Waals surface area (Å²) >= 11 is 0. The average molecular weight is 240 g/mol. The van der Waals surface area contributed by atoms with Gasteiger partial charge in [0.15, 0.2) is 0 Å². The molecule has 0 aliphatic heterocycles. The number of ether oxygens (including phenoxy) is 1. The van der Waals surface area contributed by atoms with E-state index in [0.29, 0.717) is 11.9 Å². The Bertz CT molecular complexity index is 571. The van der Waals surface area contributed by atoms with Crippen LogP contribution in [0.3, 0.4) is 0 Å². The molecule has 0 unspecified atom stereocenters. The predicted octanol–water partition coefficient (Wildman–Crippen LogP) is 3.91. The van der Waals surface area contributed by atoms with Gasteiger partial charge < -0.3 is 9.84 Å². The van der Waals surface area contributed by atoms with Crippen molar-refractivity contribution < 1.29 is 9.84 Å². The van der Waals surface area contributed by atoms with Gasteiger partial charge >= 0.3 is 0 Å². The lowest BCUT2D eigenvalue weighted by Crippen LogP contribution is -1.95. The van der Waals surface area contributed by atoms with E-state index in [1.165, 1.54) is 12.8 Å². The second kappa shape index (κ2) is 4.37. The van der Waals surface area contributed by atoms with Gasteiger partial charge in [0.1, 0.15) is 11.5 Å². The maximum absolute atomic E-state index is 9.44. The van der Waals surface area contributed by atoms with Crippen LogP contribution in [0.15, 0.2) is 42.5 Å². The summed E-state index contributed by atoms with van der Waals surface area (Å²) in [6, 6.07) is 13.6. The number of aromatic hydroxyl groups is 1. The minimum Gasteiger partial charge on any atom is -0.508 e. The molecule has 1 fully saturated rings. The summed E-state index contributed by atoms with van der Waals surface area (Å²) < 4.78 is 5.80. The molecule has 2 aromatic carbocycles. The van der Waals surface area contributed by atoms with Crippen LogP contribution < -0.4 is 4.74 Å². The third kappa shape index (κ3) is 2.33. The third-order valence-corrected chi connectivity index (χ3v) is 3.18. The molecule has 1 aliphatic rings. The highest BCUT2D eigenvalue weighted by Crippen LogP contribution is 2.31. The molecule has 2 aromatic rings. The standard InChI is InChI=1S/C16H16O2/c1-11-9-13(17)5-8-16(11)12-3-2-4-15(10-12)18-14-6-7-14/h2-5,8-10,14,17H,6-7H2,1H3. The van der Waals surface area contributed by atoms with E-state index in [2.05, 4.69) is 12.1 Å². The van der Waals surface area contributed by atoms with Gasteiger partial charge in [-0.3, -0.25) is 0 Å². The second-order valence-electron chi connectivity index (χ2n) is 4.84. The summed E-state index contributed by atoms with van der Waals surface area (Å²) in [7, 11) is 0. The molecule has 0 heterocycles. The second-order valence-corrected chi connectivity index (χ2v) is 4.84. The van der Waals surface area contributed by atoms with Gasteiger partial charge in [-0.2, -0.15) is 0 Å². The Hall–Kier alpha value is -1.96. The van der Waals surface area contributed by atoms with Crippen LogP contribution in [0.1, 0.15) is 18.4 Å². The minimum atomic E-state index is 0.307. The molecular weight excluding hydrogens is 224 g/mol. The molecule has 0 spiro atoms. The van der Waals surface area contributed by atoms with E-state index in [0.717, 1.165) is 22.4 Å². The van der Waals surface area contributed by atoms with Gasteiger partial charge in [-0.15, -0.1) is 0 Å². The molecule has 92 valence electrons. The van der Waals surface area contributed by atoms with Crippen molar-refractivity contribution in [1.29, 1.82) is 0 Å². The lowest BCUT2D eigenvalue weighted by Gasteiger charge is -2.09. The van der Waals surface area contributed by atoms with Crippen LogP contribution in [0.5, 0.6) is 11.5 Å². The number of rotatable bonds is 3. The molecule has 1 saturated carbocycles. The first-order chi connectivity index (χ1) is 8.72. The Morgan fingerprint density at radius 1 is 1.11 bits per heavy atom. The Morgan fingerprint density at radius 2 is 1.94 bits per heavy atom. The number of phenols is 1. The number of phenolic OH excluding ortho intramolecular Hbond substituents is 1. The van der Waals surface area contributed by atoms with Crippen LogP contribution >= 0.6 is 0 Å². The largest absolute Gasteiger partial charge is 0.508 e. The van der Waals surface area contributed by atoms with Crippen molar-refractivity contribution in [2.24, 2.45) is 0 Å². The summed E-state index contributed by atoms with van der Waals surface area (Å²) in [6.07, 6.45) is 2.76. The minimum absolute atomic E-state index is 0.307. The molecular formula is C16H16O2. The first-order valence-electron chi connectivity index (χ1n) is 6.29. The van der Waals surface area contributed by atoms with Gasteiger partial charge in [-0.25, -0.2) is 0 Å². The third-order valence-electron chi connectivity index (χ3n) is 3.18. The Balaban J connectivity index is 1.94. The van der Waals surface area contributed by atoms with Crippen LogP contribution in [0, 0.1) is 6.92 Å². The van der Waals surface area contributed by atoms with Gasteiger partial charge in [0, 0.05) is 0 Å². The van der Waals surface area contributed by atoms with Gasteiger partial charge in [0.2, 0.25) is 0 Å². The molecule has 2 nitrogen and oxygen atoms in total. The summed E-state index contributed by atoms with van der Waals surface area (Å²) in [5, 5.41) is 9.44. The zero-order valence-corrected chi connectivity index (χ0v) is 10.4. The van der Waals surface area contributed by atoms with Crippen molar-refractivity contribution in [3.63, 3.8) is 0 Å². The van der Waals surface area contributed by atoms with E-state index in [9.17, 15) is 5.11 Å². The van der Waals surface area contributed by atoms with Crippen molar-refractivity contribution >= 4 is 0 Å². The van der Waals surface area contributed by atoms with Crippen molar-refractivity contribution in [2.45, 2.75) is 25.9 Å². The van der Waals surface area contributed by atoms with Crippen LogP contribution in [-0.4, -0.2) is 11.2 Å². The van der Waals surface area contributed by atoms with Crippen LogP contribution in [0.2, 0.25) is 0 Å². The van der Waals surface area contributed by atoms with Crippen molar-refractivity contribution in [3.8, 4) is 22.6 Å².